The molecule has 0 bridgehead atoms. The van der Waals surface area contributed by atoms with Crippen LogP contribution in [0.25, 0.3) is 0 Å². The first-order valence-electron chi connectivity index (χ1n) is 7.50. The summed E-state index contributed by atoms with van der Waals surface area (Å²) in [5.41, 5.74) is 0.640. The number of nitrogens with one attached hydrogen (secondary N) is 1. The van der Waals surface area contributed by atoms with E-state index in [0.29, 0.717) is 22.3 Å². The van der Waals surface area contributed by atoms with Crippen LogP contribution in [0.15, 0.2) is 22.7 Å². The molecule has 0 aromatic heterocycles. The summed E-state index contributed by atoms with van der Waals surface area (Å²) in [6, 6.07) is 4.44. The monoisotopic (exact) mass is 412 g/mol. The average molecular weight is 413 g/mol. The highest BCUT2D eigenvalue weighted by atomic mass is 79.9. The Morgan fingerprint density at radius 3 is 2.92 bits per heavy atom. The highest BCUT2D eigenvalue weighted by Crippen LogP contribution is 2.47. The summed E-state index contributed by atoms with van der Waals surface area (Å²) < 4.78 is 5.47. The van der Waals surface area contributed by atoms with Crippen molar-refractivity contribution < 1.29 is 19.1 Å². The van der Waals surface area contributed by atoms with Crippen LogP contribution in [-0.4, -0.2) is 46.5 Å². The topological polar surface area (TPSA) is 75.7 Å². The molecule has 1 aromatic carbocycles. The van der Waals surface area contributed by atoms with Crippen molar-refractivity contribution in [3.8, 4) is 0 Å². The lowest BCUT2D eigenvalue weighted by molar-refractivity contribution is -0.135. The fourth-order valence-corrected chi connectivity index (χ4v) is 4.93. The van der Waals surface area contributed by atoms with Gasteiger partial charge in [0, 0.05) is 16.6 Å². The molecule has 0 saturated carbocycles. The van der Waals surface area contributed by atoms with Gasteiger partial charge in [-0.25, -0.2) is 4.79 Å². The highest BCUT2D eigenvalue weighted by molar-refractivity contribution is 9.10. The number of esters is 1. The van der Waals surface area contributed by atoms with Gasteiger partial charge in [0.25, 0.3) is 0 Å². The summed E-state index contributed by atoms with van der Waals surface area (Å²) in [5.74, 6) is -0.256. The Bertz CT molecular complexity index is 726. The van der Waals surface area contributed by atoms with Crippen LogP contribution < -0.4 is 5.32 Å². The molecule has 0 unspecified atom stereocenters. The van der Waals surface area contributed by atoms with Crippen LogP contribution >= 0.6 is 27.7 Å². The molecular formula is C16H17BrN2O4S. The number of nitrogens with zero attached hydrogens (tertiary/aromatic N) is 1. The number of amides is 2. The van der Waals surface area contributed by atoms with Gasteiger partial charge in [0.05, 0.1) is 23.2 Å². The van der Waals surface area contributed by atoms with Gasteiger partial charge >= 0.3 is 5.97 Å². The van der Waals surface area contributed by atoms with Gasteiger partial charge in [0.2, 0.25) is 11.8 Å². The van der Waals surface area contributed by atoms with Crippen LogP contribution in [0.5, 0.6) is 0 Å². The Morgan fingerprint density at radius 1 is 1.46 bits per heavy atom. The SMILES string of the molecule is COC(=O)c1cc(Br)ccc1NC(=O)[C@@H]1CS[C@@]2(C)CCC(=O)N12. The number of ether oxygens (including phenoxy) is 1. The van der Waals surface area contributed by atoms with Crippen molar-refractivity contribution >= 4 is 51.2 Å². The quantitative estimate of drug-likeness (QED) is 0.772. The average Bonchev–Trinajstić information content (AvgIpc) is 3.05. The molecule has 0 spiro atoms. The number of carbonyl (C=O) groups is 3. The normalized spacial score (nSPS) is 25.5. The van der Waals surface area contributed by atoms with E-state index < -0.39 is 12.0 Å². The number of rotatable bonds is 3. The van der Waals surface area contributed by atoms with E-state index in [-0.39, 0.29) is 22.2 Å². The Balaban J connectivity index is 1.83. The molecule has 2 aliphatic rings. The predicted molar refractivity (Wildman–Crippen MR) is 94.8 cm³/mol. The summed E-state index contributed by atoms with van der Waals surface area (Å²) >= 11 is 4.93. The van der Waals surface area contributed by atoms with Crippen LogP contribution in [0.2, 0.25) is 0 Å². The molecule has 0 radical (unpaired) electrons. The van der Waals surface area contributed by atoms with E-state index in [0.717, 1.165) is 6.42 Å². The lowest BCUT2D eigenvalue weighted by Gasteiger charge is -2.30. The zero-order chi connectivity index (χ0) is 17.5. The molecule has 6 nitrogen and oxygen atoms in total. The van der Waals surface area contributed by atoms with Crippen molar-refractivity contribution in [1.82, 2.24) is 4.90 Å². The largest absolute Gasteiger partial charge is 0.465 e. The molecule has 0 aliphatic carbocycles. The van der Waals surface area contributed by atoms with Crippen molar-refractivity contribution in [2.45, 2.75) is 30.7 Å². The van der Waals surface area contributed by atoms with Crippen LogP contribution in [0.3, 0.4) is 0 Å². The van der Waals surface area contributed by atoms with E-state index in [2.05, 4.69) is 21.2 Å². The summed E-state index contributed by atoms with van der Waals surface area (Å²) in [7, 11) is 1.29. The maximum Gasteiger partial charge on any atom is 0.340 e. The minimum atomic E-state index is -0.533. The molecule has 128 valence electrons. The van der Waals surface area contributed by atoms with Crippen LogP contribution in [-0.2, 0) is 14.3 Å². The fraction of sp³-hybridized carbons (Fsp3) is 0.438. The van der Waals surface area contributed by atoms with Crippen LogP contribution in [0.4, 0.5) is 5.69 Å². The lowest BCUT2D eigenvalue weighted by Crippen LogP contribution is -2.48. The summed E-state index contributed by atoms with van der Waals surface area (Å²) in [6.07, 6.45) is 1.23. The Morgan fingerprint density at radius 2 is 2.21 bits per heavy atom. The molecule has 1 aromatic rings. The zero-order valence-corrected chi connectivity index (χ0v) is 15.7. The molecule has 2 saturated heterocycles. The van der Waals surface area contributed by atoms with Gasteiger partial charge in [0.15, 0.2) is 0 Å². The van der Waals surface area contributed by atoms with Gasteiger partial charge in [-0.15, -0.1) is 11.8 Å². The van der Waals surface area contributed by atoms with Gasteiger partial charge in [0.1, 0.15) is 6.04 Å². The second kappa shape index (κ2) is 6.40. The molecule has 2 fully saturated rings. The second-order valence-corrected chi connectivity index (χ2v) is 8.35. The molecular weight excluding hydrogens is 396 g/mol. The van der Waals surface area contributed by atoms with Crippen molar-refractivity contribution in [1.29, 1.82) is 0 Å². The van der Waals surface area contributed by atoms with E-state index in [1.54, 1.807) is 34.9 Å². The maximum absolute atomic E-state index is 12.7. The number of fused-ring (bicyclic) bond motifs is 1. The molecule has 24 heavy (non-hydrogen) atoms. The number of methoxy groups -OCH3 is 1. The van der Waals surface area contributed by atoms with Gasteiger partial charge in [-0.05, 0) is 31.5 Å². The number of halogens is 1. The fourth-order valence-electron chi connectivity index (χ4n) is 3.14. The van der Waals surface area contributed by atoms with Crippen molar-refractivity contribution in [3.63, 3.8) is 0 Å². The van der Waals surface area contributed by atoms with Crippen molar-refractivity contribution in [3.05, 3.63) is 28.2 Å². The Kier molecular flexibility index (Phi) is 4.61. The number of carbonyl (C=O) groups excluding carboxylic acids is 3. The Labute approximate surface area is 152 Å². The first-order valence-corrected chi connectivity index (χ1v) is 9.28. The first kappa shape index (κ1) is 17.3. The van der Waals surface area contributed by atoms with Crippen LogP contribution in [0.1, 0.15) is 30.1 Å². The van der Waals surface area contributed by atoms with Gasteiger partial charge in [-0.1, -0.05) is 15.9 Å². The summed E-state index contributed by atoms with van der Waals surface area (Å²) in [5, 5.41) is 2.78. The van der Waals surface area contributed by atoms with E-state index >= 15 is 0 Å². The third-order valence-electron chi connectivity index (χ3n) is 4.39. The molecule has 2 heterocycles. The number of thioether (sulfide) groups is 1. The Hall–Kier alpha value is -1.54. The minimum absolute atomic E-state index is 0.00616. The molecule has 3 rings (SSSR count). The first-order chi connectivity index (χ1) is 11.4. The zero-order valence-electron chi connectivity index (χ0n) is 13.3. The van der Waals surface area contributed by atoms with Crippen molar-refractivity contribution in [2.24, 2.45) is 0 Å². The smallest absolute Gasteiger partial charge is 0.340 e. The molecule has 2 aliphatic heterocycles. The lowest BCUT2D eigenvalue weighted by atomic mass is 10.1. The molecule has 2 atom stereocenters. The highest BCUT2D eigenvalue weighted by Gasteiger charge is 2.52. The third-order valence-corrected chi connectivity index (χ3v) is 6.39. The minimum Gasteiger partial charge on any atom is -0.465 e. The van der Waals surface area contributed by atoms with Crippen molar-refractivity contribution in [2.75, 3.05) is 18.2 Å². The van der Waals surface area contributed by atoms with E-state index in [4.69, 9.17) is 4.74 Å². The number of hydrogen-bond donors (Lipinski definition) is 1. The molecule has 1 N–H and O–H groups in total. The molecule has 2 amide bonds. The van der Waals surface area contributed by atoms with E-state index in [1.165, 1.54) is 7.11 Å². The predicted octanol–water partition coefficient (Wildman–Crippen LogP) is 2.63. The third kappa shape index (κ3) is 2.93. The standard InChI is InChI=1S/C16H17BrN2O4S/c1-16-6-5-13(20)19(16)12(8-24-16)14(21)18-11-4-3-9(17)7-10(11)15(22)23-2/h3-4,7,12H,5-6,8H2,1-2H3,(H,18,21)/t12-,16-/m0/s1. The maximum atomic E-state index is 12.7. The number of hydrogen-bond acceptors (Lipinski definition) is 5. The van der Waals surface area contributed by atoms with Gasteiger partial charge in [-0.2, -0.15) is 0 Å². The van der Waals surface area contributed by atoms with Crippen LogP contribution in [0, 0.1) is 0 Å². The summed E-state index contributed by atoms with van der Waals surface area (Å²) in [4.78, 5) is 38.2. The number of anilines is 1. The van der Waals surface area contributed by atoms with E-state index in [9.17, 15) is 14.4 Å². The number of benzene rings is 1. The molecule has 8 heteroatoms. The van der Waals surface area contributed by atoms with Gasteiger partial charge in [-0.3, -0.25) is 9.59 Å². The second-order valence-electron chi connectivity index (χ2n) is 5.94. The summed E-state index contributed by atoms with van der Waals surface area (Å²) in [6.45, 7) is 2.00. The van der Waals surface area contributed by atoms with E-state index in [1.807, 2.05) is 6.92 Å². The van der Waals surface area contributed by atoms with Gasteiger partial charge < -0.3 is 15.0 Å².